The van der Waals surface area contributed by atoms with Crippen LogP contribution in [0.3, 0.4) is 0 Å². The minimum Gasteiger partial charge on any atom is -0.497 e. The highest BCUT2D eigenvalue weighted by atomic mass is 35.5. The van der Waals surface area contributed by atoms with Gasteiger partial charge in [0.1, 0.15) is 11.6 Å². The Labute approximate surface area is 149 Å². The van der Waals surface area contributed by atoms with Gasteiger partial charge in [-0.1, -0.05) is 23.7 Å². The van der Waals surface area contributed by atoms with Crippen LogP contribution in [0.1, 0.15) is 22.8 Å². The molecule has 0 aliphatic heterocycles. The first-order valence-electron chi connectivity index (χ1n) is 7.47. The first kappa shape index (κ1) is 18.7. The molecule has 1 N–H and O–H groups in total. The first-order chi connectivity index (χ1) is 11.9. The van der Waals surface area contributed by atoms with Crippen LogP contribution in [0.5, 0.6) is 5.75 Å². The second kappa shape index (κ2) is 8.48. The molecule has 0 heterocycles. The molecule has 0 aliphatic rings. The van der Waals surface area contributed by atoms with Crippen molar-refractivity contribution in [3.8, 4) is 5.75 Å². The highest BCUT2D eigenvalue weighted by Crippen LogP contribution is 2.16. The van der Waals surface area contributed by atoms with E-state index in [0.29, 0.717) is 5.75 Å². The van der Waals surface area contributed by atoms with Gasteiger partial charge in [-0.3, -0.25) is 4.79 Å². The minimum absolute atomic E-state index is 0.166. The molecule has 0 aliphatic carbocycles. The summed E-state index contributed by atoms with van der Waals surface area (Å²) in [6.07, 6.45) is -1.07. The van der Waals surface area contributed by atoms with E-state index in [1.807, 2.05) is 0 Å². The number of ether oxygens (including phenoxy) is 2. The Morgan fingerprint density at radius 3 is 2.48 bits per heavy atom. The summed E-state index contributed by atoms with van der Waals surface area (Å²) in [6, 6.07) is 10.7. The fourth-order valence-electron chi connectivity index (χ4n) is 2.01. The van der Waals surface area contributed by atoms with E-state index in [0.717, 1.165) is 11.6 Å². The van der Waals surface area contributed by atoms with E-state index < -0.39 is 23.8 Å². The van der Waals surface area contributed by atoms with Crippen LogP contribution >= 0.6 is 11.6 Å². The average molecular weight is 366 g/mol. The highest BCUT2D eigenvalue weighted by Gasteiger charge is 2.21. The number of amides is 1. The lowest BCUT2D eigenvalue weighted by molar-refractivity contribution is -0.129. The molecule has 2 aromatic rings. The van der Waals surface area contributed by atoms with Gasteiger partial charge in [-0.2, -0.15) is 0 Å². The van der Waals surface area contributed by atoms with Crippen LogP contribution in [0.2, 0.25) is 5.02 Å². The van der Waals surface area contributed by atoms with Crippen LogP contribution in [-0.4, -0.2) is 25.1 Å². The molecule has 0 fully saturated rings. The maximum atomic E-state index is 13.7. The molecule has 0 saturated carbocycles. The number of methoxy groups -OCH3 is 1. The molecule has 0 bridgehead atoms. The van der Waals surface area contributed by atoms with E-state index in [1.165, 1.54) is 19.1 Å². The first-order valence-corrected chi connectivity index (χ1v) is 7.85. The Kier molecular flexibility index (Phi) is 6.36. The van der Waals surface area contributed by atoms with Crippen molar-refractivity contribution in [2.75, 3.05) is 7.11 Å². The van der Waals surface area contributed by atoms with Crippen LogP contribution in [0.25, 0.3) is 0 Å². The number of rotatable bonds is 6. The van der Waals surface area contributed by atoms with Crippen LogP contribution < -0.4 is 10.1 Å². The Morgan fingerprint density at radius 2 is 1.88 bits per heavy atom. The third kappa shape index (κ3) is 5.19. The summed E-state index contributed by atoms with van der Waals surface area (Å²) in [7, 11) is 1.57. The van der Waals surface area contributed by atoms with E-state index >= 15 is 0 Å². The summed E-state index contributed by atoms with van der Waals surface area (Å²) in [5, 5.41) is 2.81. The lowest BCUT2D eigenvalue weighted by Crippen LogP contribution is -2.35. The summed E-state index contributed by atoms with van der Waals surface area (Å²) >= 11 is 5.63. The van der Waals surface area contributed by atoms with Crippen molar-refractivity contribution in [2.45, 2.75) is 19.6 Å². The summed E-state index contributed by atoms with van der Waals surface area (Å²) in [4.78, 5) is 24.0. The zero-order chi connectivity index (χ0) is 18.4. The van der Waals surface area contributed by atoms with Crippen molar-refractivity contribution in [3.63, 3.8) is 0 Å². The number of hydrogen-bond donors (Lipinski definition) is 1. The molecule has 0 spiro atoms. The van der Waals surface area contributed by atoms with Crippen molar-refractivity contribution < 1.29 is 23.5 Å². The molecular weight excluding hydrogens is 349 g/mol. The van der Waals surface area contributed by atoms with Gasteiger partial charge in [0.2, 0.25) is 0 Å². The zero-order valence-corrected chi connectivity index (χ0v) is 14.5. The molecule has 1 amide bonds. The average Bonchev–Trinajstić information content (AvgIpc) is 2.59. The van der Waals surface area contributed by atoms with Gasteiger partial charge in [-0.15, -0.1) is 0 Å². The summed E-state index contributed by atoms with van der Waals surface area (Å²) < 4.78 is 23.7. The van der Waals surface area contributed by atoms with Gasteiger partial charge in [0.05, 0.1) is 12.7 Å². The van der Waals surface area contributed by atoms with E-state index in [9.17, 15) is 14.0 Å². The molecule has 0 aromatic heterocycles. The number of carbonyl (C=O) groups is 2. The predicted octanol–water partition coefficient (Wildman–Crippen LogP) is 3.35. The summed E-state index contributed by atoms with van der Waals surface area (Å²) in [6.45, 7) is 1.68. The lowest BCUT2D eigenvalue weighted by Gasteiger charge is -2.14. The van der Waals surface area contributed by atoms with E-state index in [-0.39, 0.29) is 17.1 Å². The Hall–Kier alpha value is -2.60. The van der Waals surface area contributed by atoms with Gasteiger partial charge < -0.3 is 14.8 Å². The van der Waals surface area contributed by atoms with Crippen molar-refractivity contribution in [1.29, 1.82) is 0 Å². The van der Waals surface area contributed by atoms with Gasteiger partial charge in [0.25, 0.3) is 5.91 Å². The minimum atomic E-state index is -1.07. The Morgan fingerprint density at radius 1 is 1.20 bits per heavy atom. The van der Waals surface area contributed by atoms with Crippen LogP contribution in [0.15, 0.2) is 42.5 Å². The number of halogens is 2. The normalized spacial score (nSPS) is 11.5. The monoisotopic (exact) mass is 365 g/mol. The van der Waals surface area contributed by atoms with Crippen molar-refractivity contribution in [2.24, 2.45) is 0 Å². The SMILES string of the molecule is COc1ccc(CNC(=O)[C@H](C)OC(=O)c2ccc(Cl)cc2F)cc1. The number of esters is 1. The molecule has 0 radical (unpaired) electrons. The number of carbonyl (C=O) groups excluding carboxylic acids is 2. The predicted molar refractivity (Wildman–Crippen MR) is 91.1 cm³/mol. The molecule has 0 saturated heterocycles. The van der Waals surface area contributed by atoms with Crippen molar-refractivity contribution >= 4 is 23.5 Å². The third-order valence-corrected chi connectivity index (χ3v) is 3.66. The molecular formula is C18H17ClFNO4. The second-order valence-electron chi connectivity index (χ2n) is 5.24. The number of nitrogens with one attached hydrogen (secondary N) is 1. The molecule has 5 nitrogen and oxygen atoms in total. The lowest BCUT2D eigenvalue weighted by atomic mass is 10.2. The van der Waals surface area contributed by atoms with Gasteiger partial charge in [0, 0.05) is 11.6 Å². The molecule has 0 unspecified atom stereocenters. The molecule has 25 heavy (non-hydrogen) atoms. The molecule has 7 heteroatoms. The highest BCUT2D eigenvalue weighted by molar-refractivity contribution is 6.30. The zero-order valence-electron chi connectivity index (χ0n) is 13.7. The smallest absolute Gasteiger partial charge is 0.341 e. The van der Waals surface area contributed by atoms with E-state index in [4.69, 9.17) is 21.1 Å². The quantitative estimate of drug-likeness (QED) is 0.797. The van der Waals surface area contributed by atoms with E-state index in [1.54, 1.807) is 31.4 Å². The molecule has 1 atom stereocenters. The van der Waals surface area contributed by atoms with Crippen LogP contribution in [-0.2, 0) is 16.1 Å². The van der Waals surface area contributed by atoms with Crippen LogP contribution in [0.4, 0.5) is 4.39 Å². The van der Waals surface area contributed by atoms with Crippen molar-refractivity contribution in [3.05, 3.63) is 64.4 Å². The number of hydrogen-bond acceptors (Lipinski definition) is 4. The fraction of sp³-hybridized carbons (Fsp3) is 0.222. The maximum Gasteiger partial charge on any atom is 0.341 e. The van der Waals surface area contributed by atoms with Gasteiger partial charge in [-0.25, -0.2) is 9.18 Å². The van der Waals surface area contributed by atoms with Crippen molar-refractivity contribution in [1.82, 2.24) is 5.32 Å². The van der Waals surface area contributed by atoms with Gasteiger partial charge in [-0.05, 0) is 42.8 Å². The van der Waals surface area contributed by atoms with Gasteiger partial charge >= 0.3 is 5.97 Å². The molecule has 132 valence electrons. The standard InChI is InChI=1S/C18H17ClFNO4/c1-11(25-18(23)15-8-5-13(19)9-16(15)20)17(22)21-10-12-3-6-14(24-2)7-4-12/h3-9,11H,10H2,1-2H3,(H,21,22)/t11-/m0/s1. The Balaban J connectivity index is 1.89. The molecule has 2 rings (SSSR count). The third-order valence-electron chi connectivity index (χ3n) is 3.43. The maximum absolute atomic E-state index is 13.7. The topological polar surface area (TPSA) is 64.6 Å². The van der Waals surface area contributed by atoms with Gasteiger partial charge in [0.15, 0.2) is 6.10 Å². The summed E-state index contributed by atoms with van der Waals surface area (Å²) in [5.41, 5.74) is 0.579. The second-order valence-corrected chi connectivity index (χ2v) is 5.67. The van der Waals surface area contributed by atoms with E-state index in [2.05, 4.69) is 5.32 Å². The summed E-state index contributed by atoms with van der Waals surface area (Å²) in [5.74, 6) is -1.51. The molecule has 2 aromatic carbocycles. The van der Waals surface area contributed by atoms with Crippen LogP contribution in [0, 0.1) is 5.82 Å². The fourth-order valence-corrected chi connectivity index (χ4v) is 2.17. The Bertz CT molecular complexity index is 764. The number of benzene rings is 2. The largest absolute Gasteiger partial charge is 0.497 e.